The minimum Gasteiger partial charge on any atom is -0.465 e. The number of carbonyl (C=O) groups is 1. The van der Waals surface area contributed by atoms with Crippen LogP contribution >= 0.6 is 0 Å². The Labute approximate surface area is 99.0 Å². The molecule has 94 valence electrons. The van der Waals surface area contributed by atoms with Gasteiger partial charge in [0.1, 0.15) is 0 Å². The Morgan fingerprint density at radius 1 is 1.59 bits per heavy atom. The molecule has 0 aliphatic carbocycles. The Kier molecular flexibility index (Phi) is 4.27. The highest BCUT2D eigenvalue weighted by Gasteiger charge is 2.18. The van der Waals surface area contributed by atoms with Crippen molar-refractivity contribution < 1.29 is 17.9 Å². The fourth-order valence-electron chi connectivity index (χ4n) is 1.06. The summed E-state index contributed by atoms with van der Waals surface area (Å²) < 4.78 is 29.8. The maximum absolute atomic E-state index is 11.5. The van der Waals surface area contributed by atoms with E-state index < -0.39 is 21.7 Å². The van der Waals surface area contributed by atoms with Gasteiger partial charge in [0, 0.05) is 6.20 Å². The zero-order valence-electron chi connectivity index (χ0n) is 9.21. The van der Waals surface area contributed by atoms with E-state index in [1.165, 1.54) is 18.5 Å². The number of esters is 1. The summed E-state index contributed by atoms with van der Waals surface area (Å²) in [5.74, 6) is -1.56. The number of nitrogens with two attached hydrogens (primary N) is 1. The van der Waals surface area contributed by atoms with Crippen LogP contribution in [-0.2, 0) is 19.6 Å². The highest BCUT2D eigenvalue weighted by molar-refractivity contribution is 7.93. The molecule has 7 nitrogen and oxygen atoms in total. The van der Waals surface area contributed by atoms with Crippen molar-refractivity contribution in [2.24, 2.45) is 0 Å². The fraction of sp³-hybridized carbons (Fsp3) is 0.333. The molecule has 0 atom stereocenters. The van der Waals surface area contributed by atoms with Crippen molar-refractivity contribution in [1.29, 1.82) is 0 Å². The maximum Gasteiger partial charge on any atom is 0.323 e. The van der Waals surface area contributed by atoms with E-state index in [9.17, 15) is 13.2 Å². The molecule has 8 heteroatoms. The number of sulfonamides is 1. The maximum atomic E-state index is 11.5. The molecule has 0 aliphatic heterocycles. The average Bonchev–Trinajstić information content (AvgIpc) is 2.20. The Morgan fingerprint density at radius 2 is 2.29 bits per heavy atom. The van der Waals surface area contributed by atoms with E-state index in [-0.39, 0.29) is 18.0 Å². The van der Waals surface area contributed by atoms with E-state index >= 15 is 0 Å². The molecule has 0 radical (unpaired) electrons. The van der Waals surface area contributed by atoms with Gasteiger partial charge in [-0.2, -0.15) is 0 Å². The van der Waals surface area contributed by atoms with Crippen molar-refractivity contribution >= 4 is 27.4 Å². The van der Waals surface area contributed by atoms with E-state index in [2.05, 4.69) is 14.4 Å². The Bertz CT molecular complexity index is 501. The van der Waals surface area contributed by atoms with Gasteiger partial charge in [-0.05, 0) is 13.0 Å². The highest BCUT2D eigenvalue weighted by atomic mass is 32.2. The lowest BCUT2D eigenvalue weighted by atomic mass is 10.4. The summed E-state index contributed by atoms with van der Waals surface area (Å²) in [7, 11) is -3.81. The summed E-state index contributed by atoms with van der Waals surface area (Å²) in [5.41, 5.74) is 5.88. The number of nitrogen functional groups attached to an aromatic ring is 1. The normalized spacial score (nSPS) is 10.9. The van der Waals surface area contributed by atoms with Crippen LogP contribution in [-0.4, -0.2) is 31.7 Å². The number of pyridine rings is 1. The van der Waals surface area contributed by atoms with Crippen LogP contribution in [0.25, 0.3) is 0 Å². The third kappa shape index (κ3) is 4.27. The second-order valence-corrected chi connectivity index (χ2v) is 4.85. The summed E-state index contributed by atoms with van der Waals surface area (Å²) in [5, 5.41) is 0. The molecule has 0 unspecified atom stereocenters. The third-order valence-corrected chi connectivity index (χ3v) is 2.88. The molecule has 17 heavy (non-hydrogen) atoms. The first-order valence-corrected chi connectivity index (χ1v) is 6.45. The molecule has 0 saturated heterocycles. The molecule has 0 aliphatic rings. The molecule has 1 aromatic rings. The summed E-state index contributed by atoms with van der Waals surface area (Å²) in [6, 6.07) is 1.40. The Balaban J connectivity index is 2.74. The van der Waals surface area contributed by atoms with Gasteiger partial charge in [0.25, 0.3) is 0 Å². The molecule has 0 saturated carbocycles. The number of rotatable bonds is 5. The number of carbonyl (C=O) groups excluding carboxylic acids is 1. The Morgan fingerprint density at radius 3 is 2.88 bits per heavy atom. The topological polar surface area (TPSA) is 111 Å². The monoisotopic (exact) mass is 259 g/mol. The predicted molar refractivity (Wildman–Crippen MR) is 62.7 cm³/mol. The van der Waals surface area contributed by atoms with Gasteiger partial charge in [-0.1, -0.05) is 0 Å². The van der Waals surface area contributed by atoms with Gasteiger partial charge < -0.3 is 10.5 Å². The number of ether oxygens (including phenoxy) is 1. The second-order valence-electron chi connectivity index (χ2n) is 3.13. The summed E-state index contributed by atoms with van der Waals surface area (Å²) in [6.07, 6.45) is 2.70. The van der Waals surface area contributed by atoms with Crippen molar-refractivity contribution in [3.8, 4) is 0 Å². The molecule has 1 heterocycles. The third-order valence-electron chi connectivity index (χ3n) is 1.73. The average molecular weight is 259 g/mol. The molecule has 3 N–H and O–H groups in total. The quantitative estimate of drug-likeness (QED) is 0.718. The fourth-order valence-corrected chi connectivity index (χ4v) is 2.05. The molecule has 0 aromatic carbocycles. The van der Waals surface area contributed by atoms with Crippen LogP contribution in [0.1, 0.15) is 6.92 Å². The van der Waals surface area contributed by atoms with Crippen LogP contribution in [0.5, 0.6) is 0 Å². The van der Waals surface area contributed by atoms with Crippen LogP contribution in [0, 0.1) is 0 Å². The highest BCUT2D eigenvalue weighted by Crippen LogP contribution is 2.16. The van der Waals surface area contributed by atoms with E-state index in [0.29, 0.717) is 0 Å². The van der Waals surface area contributed by atoms with Crippen molar-refractivity contribution in [3.63, 3.8) is 0 Å². The molecule has 1 aromatic heterocycles. The van der Waals surface area contributed by atoms with E-state index in [1.807, 2.05) is 0 Å². The van der Waals surface area contributed by atoms with Gasteiger partial charge >= 0.3 is 5.97 Å². The summed E-state index contributed by atoms with van der Waals surface area (Å²) in [4.78, 5) is 14.8. The standard InChI is InChI=1S/C9H13N3O4S/c1-2-16-9(13)6-17(14,15)12-8-3-4-11-5-7(8)10/h3-5H,2,6,10H2,1H3,(H,11,12). The van der Waals surface area contributed by atoms with Gasteiger partial charge in [0.2, 0.25) is 10.0 Å². The molecule has 0 spiro atoms. The van der Waals surface area contributed by atoms with Gasteiger partial charge in [-0.15, -0.1) is 0 Å². The Hall–Kier alpha value is -1.83. The van der Waals surface area contributed by atoms with Crippen molar-refractivity contribution in [1.82, 2.24) is 4.98 Å². The first-order chi connectivity index (χ1) is 7.94. The predicted octanol–water partition coefficient (Wildman–Crippen LogP) is -0.0314. The van der Waals surface area contributed by atoms with Gasteiger partial charge in [-0.25, -0.2) is 8.42 Å². The molecular weight excluding hydrogens is 246 g/mol. The largest absolute Gasteiger partial charge is 0.465 e. The van der Waals surface area contributed by atoms with Crippen molar-refractivity contribution in [2.45, 2.75) is 6.92 Å². The lowest BCUT2D eigenvalue weighted by Gasteiger charge is -2.08. The first kappa shape index (κ1) is 13.2. The van der Waals surface area contributed by atoms with Crippen LogP contribution in [0.4, 0.5) is 11.4 Å². The van der Waals surface area contributed by atoms with Crippen LogP contribution in [0.2, 0.25) is 0 Å². The van der Waals surface area contributed by atoms with Crippen LogP contribution in [0.3, 0.4) is 0 Å². The van der Waals surface area contributed by atoms with Crippen molar-refractivity contribution in [2.75, 3.05) is 22.8 Å². The second kappa shape index (κ2) is 5.48. The summed E-state index contributed by atoms with van der Waals surface area (Å²) >= 11 is 0. The van der Waals surface area contributed by atoms with E-state index in [0.717, 1.165) is 0 Å². The van der Waals surface area contributed by atoms with Crippen LogP contribution < -0.4 is 10.5 Å². The van der Waals surface area contributed by atoms with Gasteiger partial charge in [0.05, 0.1) is 24.2 Å². The smallest absolute Gasteiger partial charge is 0.323 e. The number of hydrogen-bond acceptors (Lipinski definition) is 6. The number of nitrogens with one attached hydrogen (secondary N) is 1. The minimum atomic E-state index is -3.81. The number of hydrogen-bond donors (Lipinski definition) is 2. The molecule has 0 amide bonds. The number of nitrogens with zero attached hydrogens (tertiary/aromatic N) is 1. The van der Waals surface area contributed by atoms with E-state index in [4.69, 9.17) is 5.73 Å². The SMILES string of the molecule is CCOC(=O)CS(=O)(=O)Nc1ccncc1N. The summed E-state index contributed by atoms with van der Waals surface area (Å²) in [6.45, 7) is 1.73. The zero-order chi connectivity index (χ0) is 12.9. The molecule has 0 fully saturated rings. The molecular formula is C9H13N3O4S. The molecule has 0 bridgehead atoms. The first-order valence-electron chi connectivity index (χ1n) is 4.80. The van der Waals surface area contributed by atoms with Gasteiger partial charge in [0.15, 0.2) is 5.75 Å². The molecule has 1 rings (SSSR count). The van der Waals surface area contributed by atoms with Gasteiger partial charge in [-0.3, -0.25) is 14.5 Å². The lowest BCUT2D eigenvalue weighted by Crippen LogP contribution is -2.24. The number of aromatic nitrogens is 1. The van der Waals surface area contributed by atoms with E-state index in [1.54, 1.807) is 6.92 Å². The lowest BCUT2D eigenvalue weighted by molar-refractivity contribution is -0.139. The zero-order valence-corrected chi connectivity index (χ0v) is 10.0. The number of anilines is 2. The van der Waals surface area contributed by atoms with Crippen molar-refractivity contribution in [3.05, 3.63) is 18.5 Å². The van der Waals surface area contributed by atoms with Crippen LogP contribution in [0.15, 0.2) is 18.5 Å². The minimum absolute atomic E-state index is 0.131.